The number of aryl methyl sites for hydroxylation is 1. The monoisotopic (exact) mass is 468 g/mol. The molecule has 2 atom stereocenters. The molecule has 1 aliphatic heterocycles. The largest absolute Gasteiger partial charge is 0.480 e. The Balaban J connectivity index is 1.92. The van der Waals surface area contributed by atoms with Crippen molar-refractivity contribution in [2.45, 2.75) is 64.6 Å². The average Bonchev–Trinajstić information content (AvgIpc) is 3.23. The van der Waals surface area contributed by atoms with Gasteiger partial charge in [-0.05, 0) is 85.5 Å². The highest BCUT2D eigenvalue weighted by Gasteiger charge is 2.25. The maximum absolute atomic E-state index is 13.2. The van der Waals surface area contributed by atoms with Gasteiger partial charge in [-0.3, -0.25) is 9.69 Å². The molecule has 1 aliphatic rings. The number of carbonyl (C=O) groups is 2. The van der Waals surface area contributed by atoms with E-state index in [1.54, 1.807) is 11.8 Å². The molecule has 1 amide bonds. The first-order valence-electron chi connectivity index (χ1n) is 11.9. The van der Waals surface area contributed by atoms with Crippen LogP contribution < -0.4 is 5.32 Å². The minimum Gasteiger partial charge on any atom is -0.480 e. The van der Waals surface area contributed by atoms with Crippen molar-refractivity contribution in [2.24, 2.45) is 0 Å². The molecule has 1 heterocycles. The smallest absolute Gasteiger partial charge is 0.326 e. The lowest BCUT2D eigenvalue weighted by Crippen LogP contribution is -2.41. The van der Waals surface area contributed by atoms with Gasteiger partial charge in [0.1, 0.15) is 6.04 Å². The lowest BCUT2D eigenvalue weighted by atomic mass is 9.93. The molecule has 33 heavy (non-hydrogen) atoms. The quantitative estimate of drug-likeness (QED) is 0.464. The highest BCUT2D eigenvalue weighted by Crippen LogP contribution is 2.30. The van der Waals surface area contributed by atoms with Gasteiger partial charge >= 0.3 is 5.97 Å². The summed E-state index contributed by atoms with van der Waals surface area (Å²) in [5.74, 6) is -0.656. The van der Waals surface area contributed by atoms with Crippen LogP contribution in [0.3, 0.4) is 0 Å². The number of carbonyl (C=O) groups excluding carboxylic acids is 1. The number of nitrogens with one attached hydrogen (secondary N) is 1. The summed E-state index contributed by atoms with van der Waals surface area (Å²) in [6.07, 6.45) is 7.23. The summed E-state index contributed by atoms with van der Waals surface area (Å²) in [6.45, 7) is 6.27. The van der Waals surface area contributed by atoms with E-state index in [0.717, 1.165) is 29.8 Å². The van der Waals surface area contributed by atoms with Crippen LogP contribution in [-0.4, -0.2) is 52.5 Å². The molecule has 0 bridgehead atoms. The molecule has 1 saturated heterocycles. The number of carboxylic acid groups (broad SMARTS) is 1. The van der Waals surface area contributed by atoms with E-state index in [9.17, 15) is 14.7 Å². The summed E-state index contributed by atoms with van der Waals surface area (Å²) in [5.41, 5.74) is 4.67. The number of amides is 1. The van der Waals surface area contributed by atoms with Gasteiger partial charge in [0.05, 0.1) is 0 Å². The Bertz CT molecular complexity index is 962. The SMILES string of the molecule is CCC[C@H]1CCCN1Cc1ccc(C(=O)NC(CCSC)C(=O)O)c(-c2ccccc2C)c1. The van der Waals surface area contributed by atoms with E-state index in [1.165, 1.54) is 31.2 Å². The summed E-state index contributed by atoms with van der Waals surface area (Å²) in [6, 6.07) is 13.8. The standard InChI is InChI=1S/C27H36N2O3S/c1-4-8-21-10-7-15-29(21)18-20-12-13-23(24(17-20)22-11-6-5-9-19(22)2)26(30)28-25(27(31)32)14-16-33-3/h5-6,9,11-13,17,21,25H,4,7-8,10,14-16,18H2,1-3H3,(H,28,30)(H,31,32)/t21-,25?/m0/s1. The Morgan fingerprint density at radius 3 is 2.70 bits per heavy atom. The van der Waals surface area contributed by atoms with E-state index in [2.05, 4.69) is 23.2 Å². The highest BCUT2D eigenvalue weighted by atomic mass is 32.2. The van der Waals surface area contributed by atoms with Gasteiger partial charge in [-0.1, -0.05) is 43.7 Å². The molecule has 3 rings (SSSR count). The van der Waals surface area contributed by atoms with Crippen molar-refractivity contribution in [3.8, 4) is 11.1 Å². The third-order valence-electron chi connectivity index (χ3n) is 6.48. The number of aliphatic carboxylic acids is 1. The van der Waals surface area contributed by atoms with E-state index in [4.69, 9.17) is 0 Å². The second kappa shape index (κ2) is 12.2. The van der Waals surface area contributed by atoms with Crippen LogP contribution >= 0.6 is 11.8 Å². The van der Waals surface area contributed by atoms with Crippen molar-refractivity contribution in [2.75, 3.05) is 18.6 Å². The molecule has 0 spiro atoms. The van der Waals surface area contributed by atoms with Gasteiger partial charge in [0, 0.05) is 18.2 Å². The van der Waals surface area contributed by atoms with Crippen LogP contribution in [0.5, 0.6) is 0 Å². The van der Waals surface area contributed by atoms with E-state index < -0.39 is 12.0 Å². The van der Waals surface area contributed by atoms with Crippen molar-refractivity contribution in [1.29, 1.82) is 0 Å². The first kappa shape index (κ1) is 25.3. The zero-order valence-electron chi connectivity index (χ0n) is 20.0. The van der Waals surface area contributed by atoms with Crippen molar-refractivity contribution >= 4 is 23.6 Å². The topological polar surface area (TPSA) is 69.6 Å². The molecule has 6 heteroatoms. The number of carboxylic acids is 1. The molecule has 0 radical (unpaired) electrons. The Morgan fingerprint density at radius 2 is 2.00 bits per heavy atom. The predicted molar refractivity (Wildman–Crippen MR) is 137 cm³/mol. The minimum atomic E-state index is -0.998. The Hall–Kier alpha value is -2.31. The van der Waals surface area contributed by atoms with Gasteiger partial charge < -0.3 is 10.4 Å². The number of benzene rings is 2. The molecule has 5 nitrogen and oxygen atoms in total. The van der Waals surface area contributed by atoms with Gasteiger partial charge in [-0.15, -0.1) is 0 Å². The molecule has 2 N–H and O–H groups in total. The fourth-order valence-corrected chi connectivity index (χ4v) is 5.18. The van der Waals surface area contributed by atoms with Crippen LogP contribution in [0.4, 0.5) is 0 Å². The average molecular weight is 469 g/mol. The van der Waals surface area contributed by atoms with E-state index in [1.807, 2.05) is 49.6 Å². The van der Waals surface area contributed by atoms with E-state index in [0.29, 0.717) is 23.8 Å². The Labute approximate surface area is 202 Å². The summed E-state index contributed by atoms with van der Waals surface area (Å²) in [7, 11) is 0. The second-order valence-electron chi connectivity index (χ2n) is 8.90. The predicted octanol–water partition coefficient (Wildman–Crippen LogP) is 5.36. The van der Waals surface area contributed by atoms with Crippen LogP contribution in [0.15, 0.2) is 42.5 Å². The molecule has 178 valence electrons. The maximum Gasteiger partial charge on any atom is 0.326 e. The van der Waals surface area contributed by atoms with Gasteiger partial charge in [0.2, 0.25) is 0 Å². The van der Waals surface area contributed by atoms with Crippen LogP contribution in [0.2, 0.25) is 0 Å². The molecule has 0 saturated carbocycles. The first-order valence-corrected chi connectivity index (χ1v) is 13.3. The second-order valence-corrected chi connectivity index (χ2v) is 9.88. The summed E-state index contributed by atoms with van der Waals surface area (Å²) >= 11 is 1.57. The van der Waals surface area contributed by atoms with Crippen molar-refractivity contribution in [1.82, 2.24) is 10.2 Å². The Morgan fingerprint density at radius 1 is 1.21 bits per heavy atom. The van der Waals surface area contributed by atoms with Crippen molar-refractivity contribution < 1.29 is 14.7 Å². The van der Waals surface area contributed by atoms with Gasteiger partial charge in [0.25, 0.3) is 5.91 Å². The fraction of sp³-hybridized carbons (Fsp3) is 0.481. The number of thioether (sulfide) groups is 1. The van der Waals surface area contributed by atoms with Crippen LogP contribution in [-0.2, 0) is 11.3 Å². The van der Waals surface area contributed by atoms with Crippen LogP contribution in [0, 0.1) is 6.92 Å². The molecule has 2 aromatic rings. The van der Waals surface area contributed by atoms with Crippen molar-refractivity contribution in [3.63, 3.8) is 0 Å². The number of rotatable bonds is 11. The number of hydrogen-bond acceptors (Lipinski definition) is 4. The third-order valence-corrected chi connectivity index (χ3v) is 7.13. The zero-order valence-corrected chi connectivity index (χ0v) is 20.8. The third kappa shape index (κ3) is 6.61. The first-order chi connectivity index (χ1) is 15.9. The molecule has 0 aliphatic carbocycles. The van der Waals surface area contributed by atoms with Crippen molar-refractivity contribution in [3.05, 3.63) is 59.2 Å². The molecule has 0 aromatic heterocycles. The number of likely N-dealkylation sites (tertiary alicyclic amines) is 1. The summed E-state index contributed by atoms with van der Waals surface area (Å²) in [5, 5.41) is 12.3. The molecule has 1 fully saturated rings. The number of nitrogens with zero attached hydrogens (tertiary/aromatic N) is 1. The van der Waals surface area contributed by atoms with Crippen LogP contribution in [0.1, 0.15) is 60.5 Å². The van der Waals surface area contributed by atoms with Gasteiger partial charge in [-0.2, -0.15) is 11.8 Å². The molecular weight excluding hydrogens is 432 g/mol. The maximum atomic E-state index is 13.2. The van der Waals surface area contributed by atoms with Crippen LogP contribution in [0.25, 0.3) is 11.1 Å². The van der Waals surface area contributed by atoms with E-state index in [-0.39, 0.29) is 5.91 Å². The van der Waals surface area contributed by atoms with Gasteiger partial charge in [-0.25, -0.2) is 4.79 Å². The molecule has 1 unspecified atom stereocenters. The zero-order chi connectivity index (χ0) is 23.8. The highest BCUT2D eigenvalue weighted by molar-refractivity contribution is 7.98. The fourth-order valence-electron chi connectivity index (χ4n) is 4.71. The lowest BCUT2D eigenvalue weighted by Gasteiger charge is -2.25. The van der Waals surface area contributed by atoms with E-state index >= 15 is 0 Å². The molecular formula is C27H36N2O3S. The normalized spacial score (nSPS) is 17.1. The number of hydrogen-bond donors (Lipinski definition) is 2. The molecule has 2 aromatic carbocycles. The van der Waals surface area contributed by atoms with Gasteiger partial charge in [0.15, 0.2) is 0 Å². The summed E-state index contributed by atoms with van der Waals surface area (Å²) in [4.78, 5) is 27.5. The minimum absolute atomic E-state index is 0.335. The lowest BCUT2D eigenvalue weighted by molar-refractivity contribution is -0.139. The summed E-state index contributed by atoms with van der Waals surface area (Å²) < 4.78 is 0. The Kier molecular flexibility index (Phi) is 9.39.